The molecule has 11 atom stereocenters. The second-order valence-corrected chi connectivity index (χ2v) is 30.5. The van der Waals surface area contributed by atoms with Crippen LogP contribution in [0.2, 0.25) is 0 Å². The number of carboxylic acids is 3. The maximum absolute atomic E-state index is 15.5. The van der Waals surface area contributed by atoms with Crippen molar-refractivity contribution in [1.29, 1.82) is 0 Å². The Labute approximate surface area is 701 Å². The van der Waals surface area contributed by atoms with Crippen molar-refractivity contribution in [3.63, 3.8) is 0 Å². The number of aliphatic hydroxyl groups is 1. The standard InChI is InChI=1S/C99H83FO22/c1-110-72-24-11-7-19-66(72)81-87(94(101)102)82(67-20-8-12-25-73(67)111-2)90(81)98(108)122-64-46-59(42-60(47-64)65-23-16-28-78-93(65)117-40-39-116-78)55-31-36-70(79(49-55)115-6)85-88(95(103)104)83(68-21-9-13-26-74(68)112-3)91(85)99(109)121-63-44-57(41-58(45-63)56-33-38-77-80(50-56)119-51-118-77)54-32-37-76(114-5)71(48-54)86-89(96(105)106)84(69-22-10-14-27-75(69)113-4)92(86)97(107)120-62-18-15-17-53(43-62)52-29-34-61(100)35-30-52/h7-38,41-50,81-92,99,109H,39-40,51H2,1-6H3,(H,101,102)(H,103,104)(H,105,106)/t81?,82?,83?,84-,85?,86-,87?,88?,89+,90?,91?,92?,99+/m0/s1. The molecule has 3 fully saturated rings. The van der Waals surface area contributed by atoms with Crippen molar-refractivity contribution in [3.8, 4) is 130 Å². The molecule has 22 nitrogen and oxygen atoms in total. The summed E-state index contributed by atoms with van der Waals surface area (Å²) in [6, 6.07) is 72.5. The lowest BCUT2D eigenvalue weighted by Crippen LogP contribution is -2.53. The van der Waals surface area contributed by atoms with Crippen LogP contribution >= 0.6 is 0 Å². The lowest BCUT2D eigenvalue weighted by molar-refractivity contribution is -0.166. The number of carbonyl (C=O) groups excluding carboxylic acids is 2. The van der Waals surface area contributed by atoms with Crippen molar-refractivity contribution in [3.05, 3.63) is 294 Å². The summed E-state index contributed by atoms with van der Waals surface area (Å²) in [4.78, 5) is 72.9. The minimum Gasteiger partial charge on any atom is -0.496 e. The van der Waals surface area contributed by atoms with Crippen LogP contribution in [0.4, 0.5) is 4.39 Å². The SMILES string of the molecule is COc1ccccc1C1C(C(=O)O)C(c2ccccc2OC)C1C(=O)Oc1cc(-c2ccc(C3C(C(=O)O)C(c4ccccc4OC)C3[C@H](O)Oc3cc(-c4ccc5c(c4)OCO5)cc(-c4ccc(OC)c([C@@H]5C(C(=O)Oc6cccc(-c7ccc(F)cc7)c6)[C@@H](c6ccccc6OC)[C@H]5C(=O)O)c4)c3)c(OC)c2)cc(-c2cccc3c2OCCO3)c1. The number of fused-ring (bicyclic) bond motifs is 2. The Kier molecular flexibility index (Phi) is 22.2. The average molecular weight is 1640 g/mol. The largest absolute Gasteiger partial charge is 0.496 e. The van der Waals surface area contributed by atoms with Crippen LogP contribution in [0, 0.1) is 41.3 Å². The Morgan fingerprint density at radius 2 is 0.746 bits per heavy atom. The molecule has 2 aliphatic heterocycles. The number of benzene rings is 12. The molecular formula is C99H83FO22. The van der Waals surface area contributed by atoms with Gasteiger partial charge in [-0.05, 0) is 205 Å². The molecule has 7 unspecified atom stereocenters. The molecule has 5 aliphatic rings. The molecule has 0 spiro atoms. The lowest BCUT2D eigenvalue weighted by atomic mass is 9.52. The van der Waals surface area contributed by atoms with Crippen LogP contribution < -0.4 is 61.6 Å². The third kappa shape index (κ3) is 14.8. The Balaban J connectivity index is 0.755. The van der Waals surface area contributed by atoms with Crippen LogP contribution in [0.3, 0.4) is 0 Å². The first-order valence-electron chi connectivity index (χ1n) is 39.7. The van der Waals surface area contributed by atoms with Gasteiger partial charge < -0.3 is 82.0 Å². The van der Waals surface area contributed by atoms with Crippen LogP contribution in [-0.4, -0.2) is 119 Å². The van der Waals surface area contributed by atoms with Crippen LogP contribution in [0.5, 0.6) is 74.7 Å². The minimum absolute atomic E-state index is 0.0191. The summed E-state index contributed by atoms with van der Waals surface area (Å²) >= 11 is 0. The number of halogens is 1. The number of esters is 2. The molecule has 17 rings (SSSR count). The maximum Gasteiger partial charge on any atom is 0.315 e. The predicted octanol–water partition coefficient (Wildman–Crippen LogP) is 17.9. The highest BCUT2D eigenvalue weighted by Gasteiger charge is 2.63. The second-order valence-electron chi connectivity index (χ2n) is 30.5. The zero-order valence-electron chi connectivity index (χ0n) is 66.9. The summed E-state index contributed by atoms with van der Waals surface area (Å²) in [5.74, 6) is -14.1. The number of hydrogen-bond acceptors (Lipinski definition) is 19. The highest BCUT2D eigenvalue weighted by molar-refractivity contribution is 5.90. The summed E-state index contributed by atoms with van der Waals surface area (Å²) < 4.78 is 93.8. The molecule has 0 aromatic heterocycles. The summed E-state index contributed by atoms with van der Waals surface area (Å²) in [6.07, 6.45) is -1.81. The first kappa shape index (κ1) is 80.1. The molecule has 2 heterocycles. The van der Waals surface area contributed by atoms with Gasteiger partial charge in [-0.1, -0.05) is 133 Å². The number of rotatable bonds is 27. The van der Waals surface area contributed by atoms with Gasteiger partial charge in [0.1, 0.15) is 70.8 Å². The molecule has 0 radical (unpaired) electrons. The molecule has 12 aromatic carbocycles. The fourth-order valence-electron chi connectivity index (χ4n) is 18.9. The van der Waals surface area contributed by atoms with E-state index in [-0.39, 0.29) is 42.1 Å². The molecule has 3 saturated carbocycles. The molecular weight excluding hydrogens is 1560 g/mol. The van der Waals surface area contributed by atoms with Gasteiger partial charge in [-0.2, -0.15) is 0 Å². The van der Waals surface area contributed by atoms with Crippen molar-refractivity contribution in [2.45, 2.75) is 41.8 Å². The van der Waals surface area contributed by atoms with Crippen LogP contribution in [0.1, 0.15) is 68.9 Å². The molecule has 0 amide bonds. The van der Waals surface area contributed by atoms with Gasteiger partial charge in [0.05, 0.1) is 72.2 Å². The van der Waals surface area contributed by atoms with E-state index in [1.54, 1.807) is 212 Å². The molecule has 0 saturated heterocycles. The van der Waals surface area contributed by atoms with Gasteiger partial charge in [-0.25, -0.2) is 4.39 Å². The number of hydrogen-bond donors (Lipinski definition) is 4. The Morgan fingerprint density at radius 1 is 0.328 bits per heavy atom. The Bertz CT molecular complexity index is 5990. The highest BCUT2D eigenvalue weighted by Crippen LogP contribution is 2.65. The molecule has 23 heteroatoms. The first-order valence-corrected chi connectivity index (χ1v) is 39.7. The predicted molar refractivity (Wildman–Crippen MR) is 447 cm³/mol. The van der Waals surface area contributed by atoms with E-state index in [2.05, 4.69) is 0 Å². The second kappa shape index (κ2) is 33.8. The van der Waals surface area contributed by atoms with Crippen LogP contribution in [-0.2, 0) is 24.0 Å². The van der Waals surface area contributed by atoms with Gasteiger partial charge in [0.2, 0.25) is 13.1 Å². The minimum atomic E-state index is -1.81. The van der Waals surface area contributed by atoms with Gasteiger partial charge >= 0.3 is 29.8 Å². The average Bonchev–Trinajstić information content (AvgIpc) is 0.730. The van der Waals surface area contributed by atoms with E-state index in [1.165, 1.54) is 54.8 Å². The normalized spacial score (nSPS) is 21.0. The Morgan fingerprint density at radius 3 is 1.31 bits per heavy atom. The smallest absolute Gasteiger partial charge is 0.315 e. The fraction of sp³-hybridized carbons (Fsp3) is 0.222. The lowest BCUT2D eigenvalue weighted by Gasteiger charge is -2.52. The first-order chi connectivity index (χ1) is 59.4. The van der Waals surface area contributed by atoms with Gasteiger partial charge in [0.15, 0.2) is 23.0 Å². The molecule has 4 N–H and O–H groups in total. The molecule has 122 heavy (non-hydrogen) atoms. The zero-order chi connectivity index (χ0) is 84.7. The topological polar surface area (TPSA) is 286 Å². The van der Waals surface area contributed by atoms with E-state index in [0.29, 0.717) is 142 Å². The summed E-state index contributed by atoms with van der Waals surface area (Å²) in [6.45, 7) is 0.534. The number of para-hydroxylation sites is 5. The zero-order valence-corrected chi connectivity index (χ0v) is 66.9. The number of carboxylic acid groups (broad SMARTS) is 3. The summed E-state index contributed by atoms with van der Waals surface area (Å²) in [7, 11) is 8.82. The molecule has 0 bridgehead atoms. The van der Waals surface area contributed by atoms with E-state index in [4.69, 9.17) is 61.6 Å². The van der Waals surface area contributed by atoms with Crippen molar-refractivity contribution in [1.82, 2.24) is 0 Å². The van der Waals surface area contributed by atoms with E-state index in [9.17, 15) is 39.2 Å². The monoisotopic (exact) mass is 1640 g/mol. The van der Waals surface area contributed by atoms with Gasteiger partial charge in [0.25, 0.3) is 0 Å². The number of aliphatic hydroxyl groups excluding tert-OH is 1. The van der Waals surface area contributed by atoms with Crippen LogP contribution in [0.25, 0.3) is 55.6 Å². The highest BCUT2D eigenvalue weighted by atomic mass is 19.1. The van der Waals surface area contributed by atoms with E-state index < -0.39 is 113 Å². The van der Waals surface area contributed by atoms with Gasteiger partial charge in [0, 0.05) is 47.0 Å². The van der Waals surface area contributed by atoms with E-state index >= 15 is 9.59 Å². The quantitative estimate of drug-likeness (QED) is 0.0211. The van der Waals surface area contributed by atoms with Crippen molar-refractivity contribution in [2.75, 3.05) is 62.7 Å². The third-order valence-corrected chi connectivity index (χ3v) is 24.4. The summed E-state index contributed by atoms with van der Waals surface area (Å²) in [5.41, 5.74) is 8.32. The van der Waals surface area contributed by atoms with Crippen molar-refractivity contribution in [2.24, 2.45) is 35.5 Å². The molecule has 618 valence electrons. The number of methoxy groups -OCH3 is 6. The van der Waals surface area contributed by atoms with Crippen LogP contribution in [0.15, 0.2) is 255 Å². The van der Waals surface area contributed by atoms with E-state index in [0.717, 1.165) is 0 Å². The fourth-order valence-corrected chi connectivity index (χ4v) is 18.9. The van der Waals surface area contributed by atoms with Crippen molar-refractivity contribution >= 4 is 29.8 Å². The van der Waals surface area contributed by atoms with E-state index in [1.807, 2.05) is 30.3 Å². The molecule has 3 aliphatic carbocycles. The number of carbonyl (C=O) groups is 5. The number of ether oxygens (including phenoxy) is 13. The third-order valence-electron chi connectivity index (χ3n) is 24.4. The molecule has 12 aromatic rings. The Hall–Kier alpha value is -14.3. The van der Waals surface area contributed by atoms with Gasteiger partial charge in [-0.15, -0.1) is 0 Å². The maximum atomic E-state index is 15.5. The van der Waals surface area contributed by atoms with Crippen molar-refractivity contribution < 1.29 is 110 Å². The van der Waals surface area contributed by atoms with Gasteiger partial charge in [-0.3, -0.25) is 24.0 Å². The number of aliphatic carboxylic acids is 3. The summed E-state index contributed by atoms with van der Waals surface area (Å²) in [5, 5.41) is 47.7.